The van der Waals surface area contributed by atoms with Crippen molar-refractivity contribution in [1.29, 1.82) is 0 Å². The van der Waals surface area contributed by atoms with Gasteiger partial charge in [0, 0.05) is 23.1 Å². The number of nitrogens with zero attached hydrogens (tertiary/aromatic N) is 1. The molecular weight excluding hydrogens is 767 g/mol. The van der Waals surface area contributed by atoms with Crippen LogP contribution in [-0.4, -0.2) is 51.8 Å². The monoisotopic (exact) mass is 829 g/mol. The first-order valence-corrected chi connectivity index (χ1v) is 23.2. The van der Waals surface area contributed by atoms with Crippen molar-refractivity contribution in [2.45, 2.75) is 110 Å². The van der Waals surface area contributed by atoms with Crippen molar-refractivity contribution in [3.05, 3.63) is 149 Å². The molecule has 6 aliphatic rings. The maximum Gasteiger partial charge on any atom is 0.415 e. The second-order valence-corrected chi connectivity index (χ2v) is 20.2. The second kappa shape index (κ2) is 16.9. The number of hydrogen-bond donors (Lipinski definition) is 2. The molecule has 0 heterocycles. The predicted octanol–water partition coefficient (Wildman–Crippen LogP) is 12.3. The van der Waals surface area contributed by atoms with Gasteiger partial charge in [0.2, 0.25) is 0 Å². The average Bonchev–Trinajstić information content (AvgIpc) is 3.53. The van der Waals surface area contributed by atoms with Crippen molar-refractivity contribution >= 4 is 22.6 Å². The van der Waals surface area contributed by atoms with Crippen molar-refractivity contribution < 1.29 is 24.5 Å². The summed E-state index contributed by atoms with van der Waals surface area (Å²) in [5.74, 6) is 1.85. The summed E-state index contributed by atoms with van der Waals surface area (Å²) < 4.78 is 6.27. The Morgan fingerprint density at radius 1 is 0.790 bits per heavy atom. The van der Waals surface area contributed by atoms with Crippen LogP contribution >= 0.6 is 0 Å². The molecule has 7 atom stereocenters. The summed E-state index contributed by atoms with van der Waals surface area (Å²) in [6, 6.07) is 38.1. The van der Waals surface area contributed by atoms with Gasteiger partial charge in [-0.25, -0.2) is 4.79 Å². The van der Waals surface area contributed by atoms with Gasteiger partial charge in [-0.3, -0.25) is 4.79 Å². The van der Waals surface area contributed by atoms with Gasteiger partial charge in [0.15, 0.2) is 5.78 Å². The number of ether oxygens (including phenoxy) is 1. The van der Waals surface area contributed by atoms with Crippen LogP contribution in [0.5, 0.6) is 5.75 Å². The molecule has 2 N–H and O–H groups in total. The molecule has 6 nitrogen and oxygen atoms in total. The van der Waals surface area contributed by atoms with Gasteiger partial charge in [0.1, 0.15) is 5.75 Å². The van der Waals surface area contributed by atoms with Crippen molar-refractivity contribution in [2.75, 3.05) is 13.1 Å². The van der Waals surface area contributed by atoms with Gasteiger partial charge in [-0.05, 0) is 151 Å². The largest absolute Gasteiger partial charge is 0.415 e. The lowest BCUT2D eigenvalue weighted by molar-refractivity contribution is -0.119. The standard InChI is InChI=1S/C56H63NO5/c1-37-11-10-29-55(4)50(48-27-17-38(31-46(58)25-16-37)32-49(48)52(59)42-20-18-41(19-21-42)39-12-6-5-7-13-39)28-30-56(55,61)36-57(35-44-22-24-45-34-51(44)54(45,2)3)53(60)62-47-26-23-40-14-8-9-15-43(40)33-47/h5-9,11-15,17-21,23,26-27,32-33,44-46,50-51,58,61H,10,16,22,24-25,28-31,34-36H2,1-4H3/t44-,45-,46-,50-,51-,55-,56+/m0/s1. The molecule has 62 heavy (non-hydrogen) atoms. The minimum absolute atomic E-state index is 0.0594. The molecule has 0 saturated heterocycles. The van der Waals surface area contributed by atoms with Gasteiger partial charge in [-0.15, -0.1) is 0 Å². The molecule has 5 aromatic carbocycles. The Kier molecular flexibility index (Phi) is 11.5. The number of fused-ring (bicyclic) bond motifs is 11. The zero-order valence-electron chi connectivity index (χ0n) is 37.0. The third kappa shape index (κ3) is 8.05. The maximum atomic E-state index is 14.8. The van der Waals surface area contributed by atoms with E-state index in [9.17, 15) is 19.8 Å². The minimum atomic E-state index is -1.27. The van der Waals surface area contributed by atoms with Crippen molar-refractivity contribution in [3.63, 3.8) is 0 Å². The summed E-state index contributed by atoms with van der Waals surface area (Å²) in [6.45, 7) is 9.80. The number of ketones is 1. The number of aliphatic hydroxyl groups excluding tert-OH is 1. The average molecular weight is 830 g/mol. The third-order valence-electron chi connectivity index (χ3n) is 16.3. The zero-order chi connectivity index (χ0) is 43.2. The first-order chi connectivity index (χ1) is 29.8. The normalized spacial score (nSPS) is 28.0. The van der Waals surface area contributed by atoms with E-state index in [4.69, 9.17) is 4.74 Å². The fourth-order valence-corrected chi connectivity index (χ4v) is 12.2. The Hall–Kier alpha value is -5.04. The molecule has 6 heteroatoms. The fraction of sp³-hybridized carbons (Fsp3) is 0.429. The van der Waals surface area contributed by atoms with E-state index in [-0.39, 0.29) is 23.7 Å². The lowest BCUT2D eigenvalue weighted by Gasteiger charge is -2.60. The third-order valence-corrected chi connectivity index (χ3v) is 16.3. The summed E-state index contributed by atoms with van der Waals surface area (Å²) in [7, 11) is 0. The van der Waals surface area contributed by atoms with Crippen LogP contribution in [0.1, 0.15) is 118 Å². The quantitative estimate of drug-likeness (QED) is 0.120. The number of aliphatic hydroxyl groups is 2. The maximum absolute atomic E-state index is 14.8. The lowest BCUT2D eigenvalue weighted by Crippen LogP contribution is -2.58. The highest BCUT2D eigenvalue weighted by molar-refractivity contribution is 6.10. The number of rotatable bonds is 8. The summed E-state index contributed by atoms with van der Waals surface area (Å²) >= 11 is 0. The van der Waals surface area contributed by atoms with Crippen LogP contribution in [0, 0.1) is 28.6 Å². The van der Waals surface area contributed by atoms with E-state index in [1.807, 2.05) is 89.8 Å². The molecule has 5 aromatic rings. The van der Waals surface area contributed by atoms with Crippen LogP contribution in [0.3, 0.4) is 0 Å². The molecule has 4 saturated carbocycles. The van der Waals surface area contributed by atoms with Gasteiger partial charge < -0.3 is 19.8 Å². The van der Waals surface area contributed by atoms with E-state index in [0.717, 1.165) is 64.6 Å². The number of carbonyl (C=O) groups excluding carboxylic acids is 2. The highest BCUT2D eigenvalue weighted by Gasteiger charge is 2.59. The number of amides is 1. The molecule has 4 bridgehead atoms. The predicted molar refractivity (Wildman–Crippen MR) is 248 cm³/mol. The molecule has 0 aromatic heterocycles. The summed E-state index contributed by atoms with van der Waals surface area (Å²) in [6.07, 6.45) is 9.17. The molecule has 11 rings (SSSR count). The molecule has 0 spiro atoms. The summed E-state index contributed by atoms with van der Waals surface area (Å²) in [4.78, 5) is 31.4. The molecule has 0 radical (unpaired) electrons. The van der Waals surface area contributed by atoms with Gasteiger partial charge in [-0.1, -0.05) is 129 Å². The Morgan fingerprint density at radius 2 is 1.53 bits per heavy atom. The molecule has 0 aliphatic heterocycles. The number of allylic oxidation sites excluding steroid dienone is 2. The van der Waals surface area contributed by atoms with Crippen LogP contribution < -0.4 is 4.74 Å². The minimum Gasteiger partial charge on any atom is -0.410 e. The van der Waals surface area contributed by atoms with Crippen molar-refractivity contribution in [3.8, 4) is 16.9 Å². The van der Waals surface area contributed by atoms with Crippen molar-refractivity contribution in [2.24, 2.45) is 28.6 Å². The van der Waals surface area contributed by atoms with E-state index in [1.165, 1.54) is 12.0 Å². The molecule has 4 fully saturated rings. The van der Waals surface area contributed by atoms with E-state index in [1.54, 1.807) is 0 Å². The van der Waals surface area contributed by atoms with Crippen LogP contribution in [-0.2, 0) is 6.42 Å². The fourth-order valence-electron chi connectivity index (χ4n) is 12.2. The van der Waals surface area contributed by atoms with Crippen molar-refractivity contribution in [1.82, 2.24) is 4.90 Å². The second-order valence-electron chi connectivity index (χ2n) is 20.2. The van der Waals surface area contributed by atoms with Crippen LogP contribution in [0.15, 0.2) is 127 Å². The van der Waals surface area contributed by atoms with E-state index >= 15 is 0 Å². The van der Waals surface area contributed by atoms with Gasteiger partial charge >= 0.3 is 6.09 Å². The Morgan fingerprint density at radius 3 is 2.29 bits per heavy atom. The Bertz CT molecular complexity index is 2470. The summed E-state index contributed by atoms with van der Waals surface area (Å²) in [5, 5.41) is 26.7. The lowest BCUT2D eigenvalue weighted by atomic mass is 9.45. The first-order valence-electron chi connectivity index (χ1n) is 23.2. The van der Waals surface area contributed by atoms with E-state index in [2.05, 4.69) is 64.1 Å². The molecule has 1 amide bonds. The first kappa shape index (κ1) is 42.3. The van der Waals surface area contributed by atoms with Crippen LogP contribution in [0.4, 0.5) is 4.79 Å². The number of benzene rings is 5. The van der Waals surface area contributed by atoms with E-state index < -0.39 is 23.2 Å². The van der Waals surface area contributed by atoms with E-state index in [0.29, 0.717) is 67.4 Å². The highest BCUT2D eigenvalue weighted by atomic mass is 16.6. The molecule has 0 unspecified atom stereocenters. The Balaban J connectivity index is 1.08. The smallest absolute Gasteiger partial charge is 0.410 e. The Labute approximate surface area is 368 Å². The number of carbonyl (C=O) groups is 2. The van der Waals surface area contributed by atoms with Crippen LogP contribution in [0.25, 0.3) is 21.9 Å². The molecule has 322 valence electrons. The summed E-state index contributed by atoms with van der Waals surface area (Å²) in [5.41, 5.74) is 4.72. The van der Waals surface area contributed by atoms with Gasteiger partial charge in [0.05, 0.1) is 18.2 Å². The highest BCUT2D eigenvalue weighted by Crippen LogP contribution is 2.62. The van der Waals surface area contributed by atoms with Gasteiger partial charge in [0.25, 0.3) is 0 Å². The molecule has 6 aliphatic carbocycles. The van der Waals surface area contributed by atoms with Crippen LogP contribution in [0.2, 0.25) is 0 Å². The SMILES string of the molecule is CC1=CCC[C@@]2(C)[C@@H](CC[C@@]2(O)CN(C[C@@H]2CC[C@H]3C[C@@H]2C3(C)C)C(=O)Oc2ccc3ccccc3c2)c2ccc(cc2C(=O)c2ccc(-c3ccccc3)cc2)C[C@@H](O)CC1. The van der Waals surface area contributed by atoms with Gasteiger partial charge in [-0.2, -0.15) is 0 Å². The number of hydrogen-bond acceptors (Lipinski definition) is 5. The topological polar surface area (TPSA) is 87.1 Å². The molecular formula is C56H63NO5. The zero-order valence-corrected chi connectivity index (χ0v) is 37.0.